The van der Waals surface area contributed by atoms with E-state index in [4.69, 9.17) is 11.6 Å². The van der Waals surface area contributed by atoms with Crippen LogP contribution in [-0.2, 0) is 14.6 Å². The van der Waals surface area contributed by atoms with Crippen molar-refractivity contribution in [2.75, 3.05) is 17.3 Å². The molecule has 0 saturated carbocycles. The second-order valence-corrected chi connectivity index (χ2v) is 11.1. The van der Waals surface area contributed by atoms with Gasteiger partial charge in [-0.15, -0.1) is 10.2 Å². The van der Waals surface area contributed by atoms with Gasteiger partial charge in [0.05, 0.1) is 17.3 Å². The summed E-state index contributed by atoms with van der Waals surface area (Å²) in [5.41, 5.74) is 2.83. The highest BCUT2D eigenvalue weighted by atomic mass is 35.5. The lowest BCUT2D eigenvalue weighted by atomic mass is 10.2. The topological polar surface area (TPSA) is 94.0 Å². The van der Waals surface area contributed by atoms with Gasteiger partial charge in [-0.25, -0.2) is 8.42 Å². The van der Waals surface area contributed by atoms with E-state index in [1.807, 2.05) is 47.9 Å². The number of carbonyl (C=O) groups is 1. The largest absolute Gasteiger partial charge is 0.352 e. The molecule has 0 spiro atoms. The molecule has 1 fully saturated rings. The molecule has 10 heteroatoms. The fourth-order valence-electron chi connectivity index (χ4n) is 3.46. The molecule has 7 nitrogen and oxygen atoms in total. The number of halogens is 1. The van der Waals surface area contributed by atoms with Crippen molar-refractivity contribution in [2.24, 2.45) is 0 Å². The van der Waals surface area contributed by atoms with E-state index in [1.165, 1.54) is 11.8 Å². The summed E-state index contributed by atoms with van der Waals surface area (Å²) in [4.78, 5) is 12.4. The minimum absolute atomic E-state index is 0.00357. The summed E-state index contributed by atoms with van der Waals surface area (Å²) in [6, 6.07) is 15.0. The zero-order valence-corrected chi connectivity index (χ0v) is 19.2. The van der Waals surface area contributed by atoms with Gasteiger partial charge in [-0.2, -0.15) is 0 Å². The van der Waals surface area contributed by atoms with Crippen LogP contribution in [0.3, 0.4) is 0 Å². The molecule has 0 radical (unpaired) electrons. The molecular formula is C21H21ClN4O3S2. The van der Waals surface area contributed by atoms with Crippen molar-refractivity contribution < 1.29 is 13.2 Å². The summed E-state index contributed by atoms with van der Waals surface area (Å²) in [6.45, 7) is 2.01. The molecule has 0 aliphatic carbocycles. The molecule has 1 aliphatic rings. The van der Waals surface area contributed by atoms with E-state index >= 15 is 0 Å². The fourth-order valence-corrected chi connectivity index (χ4v) is 6.02. The van der Waals surface area contributed by atoms with Crippen LogP contribution < -0.4 is 5.32 Å². The number of carbonyl (C=O) groups excluding carboxylic acids is 1. The number of amides is 1. The first-order valence-electron chi connectivity index (χ1n) is 9.72. The van der Waals surface area contributed by atoms with Crippen LogP contribution >= 0.6 is 23.4 Å². The molecule has 1 saturated heterocycles. The Hall–Kier alpha value is -2.36. The molecule has 0 bridgehead atoms. The highest BCUT2D eigenvalue weighted by Crippen LogP contribution is 2.29. The van der Waals surface area contributed by atoms with Crippen LogP contribution in [0.25, 0.3) is 17.1 Å². The van der Waals surface area contributed by atoms with E-state index in [9.17, 15) is 13.2 Å². The van der Waals surface area contributed by atoms with Crippen LogP contribution in [0, 0.1) is 6.92 Å². The van der Waals surface area contributed by atoms with Gasteiger partial charge in [0.2, 0.25) is 5.91 Å². The van der Waals surface area contributed by atoms with E-state index in [0.29, 0.717) is 22.4 Å². The lowest BCUT2D eigenvalue weighted by Crippen LogP contribution is -2.36. The highest BCUT2D eigenvalue weighted by Gasteiger charge is 2.29. The second-order valence-electron chi connectivity index (χ2n) is 7.44. The number of hydrogen-bond donors (Lipinski definition) is 1. The van der Waals surface area contributed by atoms with Crippen LogP contribution in [0.4, 0.5) is 0 Å². The van der Waals surface area contributed by atoms with Crippen molar-refractivity contribution in [2.45, 2.75) is 24.5 Å². The van der Waals surface area contributed by atoms with Crippen LogP contribution in [0.15, 0.2) is 53.7 Å². The SMILES string of the molecule is Cc1cccc(-n2c(SCC(=O)N[C@H]3CCS(=O)(=O)C3)nnc2-c2ccc(Cl)cc2)c1. The Bertz CT molecular complexity index is 1210. The summed E-state index contributed by atoms with van der Waals surface area (Å²) < 4.78 is 25.1. The Morgan fingerprint density at radius 1 is 1.23 bits per heavy atom. The zero-order chi connectivity index (χ0) is 22.0. The van der Waals surface area contributed by atoms with E-state index < -0.39 is 9.84 Å². The van der Waals surface area contributed by atoms with E-state index in [0.717, 1.165) is 16.8 Å². The molecule has 0 unspecified atom stereocenters. The molecule has 31 heavy (non-hydrogen) atoms. The van der Waals surface area contributed by atoms with Gasteiger partial charge in [0.25, 0.3) is 0 Å². The number of benzene rings is 2. The number of hydrogen-bond acceptors (Lipinski definition) is 6. The third-order valence-corrected chi connectivity index (χ3v) is 7.87. The fraction of sp³-hybridized carbons (Fsp3) is 0.286. The number of aryl methyl sites for hydroxylation is 1. The summed E-state index contributed by atoms with van der Waals surface area (Å²) in [7, 11) is -3.04. The predicted octanol–water partition coefficient (Wildman–Crippen LogP) is 3.29. The average molecular weight is 477 g/mol. The molecule has 1 atom stereocenters. The van der Waals surface area contributed by atoms with E-state index in [-0.39, 0.29) is 29.2 Å². The average Bonchev–Trinajstić information content (AvgIpc) is 3.29. The van der Waals surface area contributed by atoms with Crippen molar-refractivity contribution in [3.05, 3.63) is 59.1 Å². The van der Waals surface area contributed by atoms with Crippen molar-refractivity contribution in [3.63, 3.8) is 0 Å². The Labute approximate surface area is 190 Å². The first-order chi connectivity index (χ1) is 14.8. The second kappa shape index (κ2) is 9.02. The Morgan fingerprint density at radius 2 is 2.00 bits per heavy atom. The summed E-state index contributed by atoms with van der Waals surface area (Å²) in [5, 5.41) is 12.7. The third-order valence-electron chi connectivity index (χ3n) is 4.93. The molecule has 1 aromatic heterocycles. The maximum Gasteiger partial charge on any atom is 0.230 e. The molecule has 162 valence electrons. The molecular weight excluding hydrogens is 456 g/mol. The lowest BCUT2D eigenvalue weighted by Gasteiger charge is -2.12. The monoisotopic (exact) mass is 476 g/mol. The first kappa shape index (κ1) is 21.9. The molecule has 4 rings (SSSR count). The van der Waals surface area contributed by atoms with Gasteiger partial charge in [0.15, 0.2) is 20.8 Å². The maximum absolute atomic E-state index is 12.4. The Morgan fingerprint density at radius 3 is 2.68 bits per heavy atom. The number of sulfone groups is 1. The maximum atomic E-state index is 12.4. The van der Waals surface area contributed by atoms with Crippen LogP contribution in [0.2, 0.25) is 5.02 Å². The van der Waals surface area contributed by atoms with Gasteiger partial charge in [-0.3, -0.25) is 9.36 Å². The van der Waals surface area contributed by atoms with Gasteiger partial charge in [0, 0.05) is 22.3 Å². The molecule has 1 aliphatic heterocycles. The van der Waals surface area contributed by atoms with E-state index in [2.05, 4.69) is 15.5 Å². The summed E-state index contributed by atoms with van der Waals surface area (Å²) in [5.74, 6) is 0.660. The molecule has 3 aromatic rings. The van der Waals surface area contributed by atoms with Gasteiger partial charge in [-0.1, -0.05) is 35.5 Å². The number of nitrogens with zero attached hydrogens (tertiary/aromatic N) is 3. The molecule has 1 N–H and O–H groups in total. The van der Waals surface area contributed by atoms with Crippen LogP contribution in [0.1, 0.15) is 12.0 Å². The van der Waals surface area contributed by atoms with Gasteiger partial charge < -0.3 is 5.32 Å². The Kier molecular flexibility index (Phi) is 6.36. The Balaban J connectivity index is 1.57. The van der Waals surface area contributed by atoms with Gasteiger partial charge in [0.1, 0.15) is 0 Å². The van der Waals surface area contributed by atoms with E-state index in [1.54, 1.807) is 12.1 Å². The number of nitrogens with one attached hydrogen (secondary N) is 1. The molecule has 1 amide bonds. The van der Waals surface area contributed by atoms with Crippen LogP contribution in [0.5, 0.6) is 0 Å². The van der Waals surface area contributed by atoms with Gasteiger partial charge in [-0.05, 0) is 55.3 Å². The van der Waals surface area contributed by atoms with Crippen molar-refractivity contribution in [1.29, 1.82) is 0 Å². The minimum Gasteiger partial charge on any atom is -0.352 e. The standard InChI is InChI=1S/C21H21ClN4O3S2/c1-14-3-2-4-18(11-14)26-20(15-5-7-16(22)8-6-15)24-25-21(26)30-12-19(27)23-17-9-10-31(28,29)13-17/h2-8,11,17H,9-10,12-13H2,1H3,(H,23,27)/t17-/m0/s1. The van der Waals surface area contributed by atoms with Crippen molar-refractivity contribution in [1.82, 2.24) is 20.1 Å². The summed E-state index contributed by atoms with van der Waals surface area (Å²) in [6.07, 6.45) is 0.457. The number of thioether (sulfide) groups is 1. The first-order valence-corrected chi connectivity index (χ1v) is 12.9. The zero-order valence-electron chi connectivity index (χ0n) is 16.8. The minimum atomic E-state index is -3.04. The molecule has 2 heterocycles. The number of aromatic nitrogens is 3. The molecule has 2 aromatic carbocycles. The normalized spacial score (nSPS) is 17.5. The third kappa shape index (κ3) is 5.28. The van der Waals surface area contributed by atoms with Crippen LogP contribution in [-0.4, -0.2) is 52.4 Å². The highest BCUT2D eigenvalue weighted by molar-refractivity contribution is 7.99. The predicted molar refractivity (Wildman–Crippen MR) is 122 cm³/mol. The van der Waals surface area contributed by atoms with Crippen molar-refractivity contribution >= 4 is 39.1 Å². The number of rotatable bonds is 6. The smallest absolute Gasteiger partial charge is 0.230 e. The van der Waals surface area contributed by atoms with Gasteiger partial charge >= 0.3 is 0 Å². The van der Waals surface area contributed by atoms with Crippen molar-refractivity contribution in [3.8, 4) is 17.1 Å². The summed E-state index contributed by atoms with van der Waals surface area (Å²) >= 11 is 7.28. The quantitative estimate of drug-likeness (QED) is 0.548. The lowest BCUT2D eigenvalue weighted by molar-refractivity contribution is -0.119.